The van der Waals surface area contributed by atoms with Crippen molar-refractivity contribution >= 4 is 17.5 Å². The molecular weight excluding hydrogens is 362 g/mol. The molecule has 0 aromatic heterocycles. The maximum Gasteiger partial charge on any atom is 0.251 e. The van der Waals surface area contributed by atoms with E-state index in [2.05, 4.69) is 10.6 Å². The Morgan fingerprint density at radius 3 is 2.17 bits per heavy atom. The fraction of sp³-hybridized carbons (Fsp3) is 0.167. The van der Waals surface area contributed by atoms with E-state index in [0.717, 1.165) is 22.4 Å². The molecule has 0 aliphatic heterocycles. The van der Waals surface area contributed by atoms with Crippen molar-refractivity contribution in [3.8, 4) is 11.1 Å². The van der Waals surface area contributed by atoms with Crippen LogP contribution in [0.3, 0.4) is 0 Å². The summed E-state index contributed by atoms with van der Waals surface area (Å²) in [6.45, 7) is 0.356. The highest BCUT2D eigenvalue weighted by Gasteiger charge is 2.09. The Morgan fingerprint density at radius 1 is 0.793 bits per heavy atom. The maximum atomic E-state index is 12.3. The first-order chi connectivity index (χ1) is 14.0. The van der Waals surface area contributed by atoms with Gasteiger partial charge in [0.05, 0.1) is 6.54 Å². The molecule has 0 atom stereocenters. The average molecular weight is 387 g/mol. The Bertz CT molecular complexity index is 967. The zero-order valence-corrected chi connectivity index (χ0v) is 16.7. The van der Waals surface area contributed by atoms with E-state index < -0.39 is 0 Å². The molecule has 0 spiro atoms. The summed E-state index contributed by atoms with van der Waals surface area (Å²) in [6.07, 6.45) is 0. The summed E-state index contributed by atoms with van der Waals surface area (Å²) < 4.78 is 0. The van der Waals surface area contributed by atoms with Crippen LogP contribution in [-0.4, -0.2) is 32.5 Å². The standard InChI is InChI=1S/C24H25N3O2/c1-27(2)22-10-6-7-18(15-22)16-25-23(28)17-26-24(29)21-13-11-20(12-14-21)19-8-4-3-5-9-19/h3-15H,16-17H2,1-2H3,(H,25,28)(H,26,29). The summed E-state index contributed by atoms with van der Waals surface area (Å²) in [4.78, 5) is 26.4. The molecule has 3 rings (SSSR count). The van der Waals surface area contributed by atoms with Gasteiger partial charge in [-0.1, -0.05) is 54.6 Å². The molecule has 148 valence electrons. The third-order valence-corrected chi connectivity index (χ3v) is 4.58. The Labute approximate surface area is 171 Å². The number of hydrogen-bond acceptors (Lipinski definition) is 3. The number of nitrogens with zero attached hydrogens (tertiary/aromatic N) is 1. The molecule has 0 heterocycles. The van der Waals surface area contributed by atoms with Crippen molar-refractivity contribution in [2.45, 2.75) is 6.54 Å². The molecule has 5 nitrogen and oxygen atoms in total. The van der Waals surface area contributed by atoms with Crippen LogP contribution >= 0.6 is 0 Å². The number of anilines is 1. The first-order valence-corrected chi connectivity index (χ1v) is 9.49. The normalized spacial score (nSPS) is 10.3. The minimum Gasteiger partial charge on any atom is -0.378 e. The van der Waals surface area contributed by atoms with Crippen molar-refractivity contribution in [2.24, 2.45) is 0 Å². The average Bonchev–Trinajstić information content (AvgIpc) is 2.77. The number of amides is 2. The molecule has 29 heavy (non-hydrogen) atoms. The van der Waals surface area contributed by atoms with E-state index in [9.17, 15) is 9.59 Å². The third kappa shape index (κ3) is 5.69. The summed E-state index contributed by atoms with van der Waals surface area (Å²) in [5.41, 5.74) is 4.74. The summed E-state index contributed by atoms with van der Waals surface area (Å²) in [7, 11) is 3.94. The summed E-state index contributed by atoms with van der Waals surface area (Å²) in [5, 5.41) is 5.49. The van der Waals surface area contributed by atoms with Crippen molar-refractivity contribution in [1.29, 1.82) is 0 Å². The third-order valence-electron chi connectivity index (χ3n) is 4.58. The van der Waals surface area contributed by atoms with Gasteiger partial charge in [-0.15, -0.1) is 0 Å². The van der Waals surface area contributed by atoms with E-state index in [4.69, 9.17) is 0 Å². The molecule has 0 unspecified atom stereocenters. The number of nitrogens with one attached hydrogen (secondary N) is 2. The summed E-state index contributed by atoms with van der Waals surface area (Å²) >= 11 is 0. The quantitative estimate of drug-likeness (QED) is 0.653. The Kier molecular flexibility index (Phi) is 6.63. The minimum absolute atomic E-state index is 0.0629. The van der Waals surface area contributed by atoms with Crippen LogP contribution in [0.5, 0.6) is 0 Å². The largest absolute Gasteiger partial charge is 0.378 e. The Morgan fingerprint density at radius 2 is 1.48 bits per heavy atom. The van der Waals surface area contributed by atoms with Crippen molar-refractivity contribution < 1.29 is 9.59 Å². The molecule has 0 bridgehead atoms. The van der Waals surface area contributed by atoms with Gasteiger partial charge in [-0.2, -0.15) is 0 Å². The SMILES string of the molecule is CN(C)c1cccc(CNC(=O)CNC(=O)c2ccc(-c3ccccc3)cc2)c1. The predicted octanol–water partition coefficient (Wildman–Crippen LogP) is 3.47. The minimum atomic E-state index is -0.269. The van der Waals surface area contributed by atoms with Gasteiger partial charge in [0.25, 0.3) is 5.91 Å². The molecule has 0 fully saturated rings. The van der Waals surface area contributed by atoms with E-state index in [-0.39, 0.29) is 18.4 Å². The van der Waals surface area contributed by atoms with Gasteiger partial charge in [0.1, 0.15) is 0 Å². The maximum absolute atomic E-state index is 12.3. The molecule has 0 saturated carbocycles. The van der Waals surface area contributed by atoms with Crippen molar-refractivity contribution in [1.82, 2.24) is 10.6 Å². The topological polar surface area (TPSA) is 61.4 Å². The predicted molar refractivity (Wildman–Crippen MR) is 117 cm³/mol. The van der Waals surface area contributed by atoms with Crippen molar-refractivity contribution in [3.05, 3.63) is 90.0 Å². The summed E-state index contributed by atoms with van der Waals surface area (Å²) in [5.74, 6) is -0.496. The van der Waals surface area contributed by atoms with Crippen LogP contribution in [0.15, 0.2) is 78.9 Å². The van der Waals surface area contributed by atoms with Crippen LogP contribution in [0.4, 0.5) is 5.69 Å². The van der Waals surface area contributed by atoms with Gasteiger partial charge >= 0.3 is 0 Å². The van der Waals surface area contributed by atoms with Crippen LogP contribution in [0.2, 0.25) is 0 Å². The van der Waals surface area contributed by atoms with Gasteiger partial charge in [-0.25, -0.2) is 0 Å². The lowest BCUT2D eigenvalue weighted by molar-refractivity contribution is -0.120. The van der Waals surface area contributed by atoms with Crippen LogP contribution in [0.1, 0.15) is 15.9 Å². The highest BCUT2D eigenvalue weighted by Crippen LogP contribution is 2.19. The second-order valence-electron chi connectivity index (χ2n) is 6.97. The molecule has 0 radical (unpaired) electrons. The highest BCUT2D eigenvalue weighted by molar-refractivity contribution is 5.96. The van der Waals surface area contributed by atoms with E-state index in [1.54, 1.807) is 12.1 Å². The van der Waals surface area contributed by atoms with Crippen LogP contribution in [0.25, 0.3) is 11.1 Å². The van der Waals surface area contributed by atoms with Gasteiger partial charge < -0.3 is 15.5 Å². The molecule has 0 aliphatic carbocycles. The lowest BCUT2D eigenvalue weighted by Gasteiger charge is -2.14. The van der Waals surface area contributed by atoms with E-state index >= 15 is 0 Å². The van der Waals surface area contributed by atoms with Crippen LogP contribution < -0.4 is 15.5 Å². The summed E-state index contributed by atoms with van der Waals surface area (Å²) in [6, 6.07) is 25.3. The molecule has 0 saturated heterocycles. The molecule has 3 aromatic rings. The van der Waals surface area contributed by atoms with Gasteiger partial charge in [-0.3, -0.25) is 9.59 Å². The first kappa shape index (κ1) is 20.1. The van der Waals surface area contributed by atoms with Gasteiger partial charge in [0, 0.05) is 31.9 Å². The van der Waals surface area contributed by atoms with Crippen LogP contribution in [0, 0.1) is 0 Å². The van der Waals surface area contributed by atoms with Crippen molar-refractivity contribution in [2.75, 3.05) is 25.5 Å². The number of hydrogen-bond donors (Lipinski definition) is 2. The number of carbonyl (C=O) groups is 2. The second kappa shape index (κ2) is 9.55. The molecular formula is C24H25N3O2. The first-order valence-electron chi connectivity index (χ1n) is 9.49. The number of benzene rings is 3. The molecule has 5 heteroatoms. The fourth-order valence-electron chi connectivity index (χ4n) is 2.92. The van der Waals surface area contributed by atoms with Crippen molar-refractivity contribution in [3.63, 3.8) is 0 Å². The fourth-order valence-corrected chi connectivity index (χ4v) is 2.92. The Balaban J connectivity index is 1.48. The van der Waals surface area contributed by atoms with Gasteiger partial charge in [-0.05, 0) is 41.0 Å². The monoisotopic (exact) mass is 387 g/mol. The van der Waals surface area contributed by atoms with Gasteiger partial charge in [0.15, 0.2) is 0 Å². The zero-order valence-electron chi connectivity index (χ0n) is 16.7. The number of carbonyl (C=O) groups excluding carboxylic acids is 2. The Hall–Kier alpha value is -3.60. The van der Waals surface area contributed by atoms with Gasteiger partial charge in [0.2, 0.25) is 5.91 Å². The number of rotatable bonds is 7. The van der Waals surface area contributed by atoms with E-state index in [0.29, 0.717) is 12.1 Å². The van der Waals surface area contributed by atoms with E-state index in [1.807, 2.05) is 85.7 Å². The molecule has 2 N–H and O–H groups in total. The van der Waals surface area contributed by atoms with Crippen LogP contribution in [-0.2, 0) is 11.3 Å². The highest BCUT2D eigenvalue weighted by atomic mass is 16.2. The smallest absolute Gasteiger partial charge is 0.251 e. The molecule has 2 amide bonds. The molecule has 0 aliphatic rings. The zero-order chi connectivity index (χ0) is 20.6. The lowest BCUT2D eigenvalue weighted by Crippen LogP contribution is -2.36. The lowest BCUT2D eigenvalue weighted by atomic mass is 10.0. The van der Waals surface area contributed by atoms with E-state index in [1.165, 1.54) is 0 Å². The second-order valence-corrected chi connectivity index (χ2v) is 6.97. The molecule has 3 aromatic carbocycles.